The predicted octanol–water partition coefficient (Wildman–Crippen LogP) is 0.502. The van der Waals surface area contributed by atoms with Gasteiger partial charge in [0.05, 0.1) is 5.70 Å². The third-order valence-electron chi connectivity index (χ3n) is 2.87. The maximum absolute atomic E-state index is 12.0. The molecule has 1 rings (SSSR count). The summed E-state index contributed by atoms with van der Waals surface area (Å²) in [5.41, 5.74) is 0.277. The molecule has 16 heavy (non-hydrogen) atoms. The van der Waals surface area contributed by atoms with E-state index in [1.165, 1.54) is 4.90 Å². The van der Waals surface area contributed by atoms with Crippen molar-refractivity contribution < 1.29 is 4.79 Å². The summed E-state index contributed by atoms with van der Waals surface area (Å²) in [4.78, 5) is 13.5. The zero-order chi connectivity index (χ0) is 12.3. The lowest BCUT2D eigenvalue weighted by molar-refractivity contribution is -0.131. The fourth-order valence-corrected chi connectivity index (χ4v) is 1.73. The molecular formula is C11H20N4O. The van der Waals surface area contributed by atoms with Crippen molar-refractivity contribution in [3.63, 3.8) is 0 Å². The van der Waals surface area contributed by atoms with Crippen molar-refractivity contribution in [3.05, 3.63) is 11.9 Å². The lowest BCUT2D eigenvalue weighted by Gasteiger charge is -2.21. The largest absolute Gasteiger partial charge is 0.392 e. The van der Waals surface area contributed by atoms with E-state index in [1.807, 2.05) is 13.8 Å². The van der Waals surface area contributed by atoms with Crippen LogP contribution in [0.15, 0.2) is 11.9 Å². The molecule has 0 aromatic rings. The Morgan fingerprint density at radius 1 is 1.50 bits per heavy atom. The van der Waals surface area contributed by atoms with Gasteiger partial charge in [-0.2, -0.15) is 0 Å². The minimum absolute atomic E-state index is 0.0229. The minimum atomic E-state index is -0.342. The van der Waals surface area contributed by atoms with Crippen molar-refractivity contribution in [2.75, 3.05) is 20.6 Å². The molecule has 0 aromatic carbocycles. The fraction of sp³-hybridized carbons (Fsp3) is 0.636. The monoisotopic (exact) mass is 224 g/mol. The molecule has 1 aliphatic heterocycles. The maximum Gasteiger partial charge on any atom is 0.233 e. The number of hydrogen-bond acceptors (Lipinski definition) is 4. The van der Waals surface area contributed by atoms with Gasteiger partial charge in [-0.1, -0.05) is 13.8 Å². The molecule has 90 valence electrons. The zero-order valence-corrected chi connectivity index (χ0v) is 10.3. The summed E-state index contributed by atoms with van der Waals surface area (Å²) < 4.78 is 0. The number of carbonyl (C=O) groups is 1. The first-order valence-electron chi connectivity index (χ1n) is 5.40. The lowest BCUT2D eigenvalue weighted by Crippen LogP contribution is -2.39. The highest BCUT2D eigenvalue weighted by molar-refractivity contribution is 6.07. The summed E-state index contributed by atoms with van der Waals surface area (Å²) in [5, 5.41) is 13.8. The van der Waals surface area contributed by atoms with Gasteiger partial charge in [0, 0.05) is 32.3 Å². The molecule has 0 saturated carbocycles. The second kappa shape index (κ2) is 4.55. The van der Waals surface area contributed by atoms with Crippen LogP contribution in [0.25, 0.3) is 0 Å². The number of likely N-dealkylation sites (tertiary alicyclic amines) is 1. The van der Waals surface area contributed by atoms with Gasteiger partial charge in [-0.05, 0) is 6.42 Å². The van der Waals surface area contributed by atoms with Crippen molar-refractivity contribution >= 4 is 11.7 Å². The molecule has 1 saturated heterocycles. The van der Waals surface area contributed by atoms with Gasteiger partial charge in [-0.25, -0.2) is 0 Å². The first kappa shape index (κ1) is 12.5. The molecule has 5 nitrogen and oxygen atoms in total. The number of amides is 1. The molecule has 5 heteroatoms. The van der Waals surface area contributed by atoms with E-state index >= 15 is 0 Å². The number of carbonyl (C=O) groups excluding carboxylic acids is 1. The van der Waals surface area contributed by atoms with Crippen LogP contribution in [0, 0.1) is 10.8 Å². The number of rotatable bonds is 3. The summed E-state index contributed by atoms with van der Waals surface area (Å²) in [6.07, 6.45) is 2.48. The number of nitrogens with zero attached hydrogens (tertiary/aromatic N) is 1. The number of nitrogens with one attached hydrogen (secondary N) is 3. The van der Waals surface area contributed by atoms with Crippen molar-refractivity contribution in [1.29, 1.82) is 5.41 Å². The molecule has 1 aliphatic rings. The Hall–Kier alpha value is -1.52. The van der Waals surface area contributed by atoms with E-state index in [1.54, 1.807) is 20.3 Å². The standard InChI is InChI=1S/C11H20N4O/c1-11(2)5-6-15(10(11)16)9(12)8(14-4)7-13-3/h7,12-14H,5-6H2,1-4H3/b8-7+,12-9?. The van der Waals surface area contributed by atoms with Crippen molar-refractivity contribution in [1.82, 2.24) is 15.5 Å². The van der Waals surface area contributed by atoms with Crippen molar-refractivity contribution in [2.45, 2.75) is 20.3 Å². The summed E-state index contributed by atoms with van der Waals surface area (Å²) in [6, 6.07) is 0. The summed E-state index contributed by atoms with van der Waals surface area (Å²) in [6.45, 7) is 4.46. The highest BCUT2D eigenvalue weighted by atomic mass is 16.2. The van der Waals surface area contributed by atoms with E-state index in [9.17, 15) is 4.79 Å². The van der Waals surface area contributed by atoms with Crippen LogP contribution in [0.2, 0.25) is 0 Å². The quantitative estimate of drug-likeness (QED) is 0.483. The zero-order valence-electron chi connectivity index (χ0n) is 10.3. The molecular weight excluding hydrogens is 204 g/mol. The second-order valence-corrected chi connectivity index (χ2v) is 4.54. The van der Waals surface area contributed by atoms with Crippen LogP contribution in [0.3, 0.4) is 0 Å². The molecule has 0 spiro atoms. The fourth-order valence-electron chi connectivity index (χ4n) is 1.73. The van der Waals surface area contributed by atoms with Gasteiger partial charge in [0.15, 0.2) is 5.84 Å². The van der Waals surface area contributed by atoms with Crippen molar-refractivity contribution in [2.24, 2.45) is 5.41 Å². The summed E-state index contributed by atoms with van der Waals surface area (Å²) in [7, 11) is 3.50. The van der Waals surface area contributed by atoms with Crippen LogP contribution in [-0.4, -0.2) is 37.3 Å². The van der Waals surface area contributed by atoms with Gasteiger partial charge < -0.3 is 10.6 Å². The highest BCUT2D eigenvalue weighted by Gasteiger charge is 2.40. The number of likely N-dealkylation sites (N-methyl/N-ethyl adjacent to an activating group) is 1. The van der Waals surface area contributed by atoms with Crippen LogP contribution >= 0.6 is 0 Å². The second-order valence-electron chi connectivity index (χ2n) is 4.54. The van der Waals surface area contributed by atoms with Gasteiger partial charge >= 0.3 is 0 Å². The molecule has 0 radical (unpaired) electrons. The third-order valence-corrected chi connectivity index (χ3v) is 2.87. The minimum Gasteiger partial charge on any atom is -0.392 e. The first-order valence-corrected chi connectivity index (χ1v) is 5.40. The summed E-state index contributed by atoms with van der Waals surface area (Å²) in [5.74, 6) is 0.252. The Morgan fingerprint density at radius 3 is 2.50 bits per heavy atom. The van der Waals surface area contributed by atoms with E-state index in [4.69, 9.17) is 5.41 Å². The van der Waals surface area contributed by atoms with Gasteiger partial charge in [0.25, 0.3) is 0 Å². The average molecular weight is 224 g/mol. The average Bonchev–Trinajstić information content (AvgIpc) is 2.50. The van der Waals surface area contributed by atoms with Crippen LogP contribution in [-0.2, 0) is 4.79 Å². The van der Waals surface area contributed by atoms with Crippen LogP contribution in [0.4, 0.5) is 0 Å². The Morgan fingerprint density at radius 2 is 2.12 bits per heavy atom. The number of amidine groups is 1. The molecule has 1 heterocycles. The van der Waals surface area contributed by atoms with E-state index in [-0.39, 0.29) is 17.2 Å². The smallest absolute Gasteiger partial charge is 0.233 e. The Balaban J connectivity index is 2.84. The highest BCUT2D eigenvalue weighted by Crippen LogP contribution is 2.31. The van der Waals surface area contributed by atoms with Gasteiger partial charge in [0.1, 0.15) is 0 Å². The normalized spacial score (nSPS) is 19.9. The van der Waals surface area contributed by atoms with Crippen molar-refractivity contribution in [3.8, 4) is 0 Å². The number of hydrogen-bond donors (Lipinski definition) is 3. The molecule has 0 unspecified atom stereocenters. The molecule has 1 fully saturated rings. The van der Waals surface area contributed by atoms with Gasteiger partial charge in [0.2, 0.25) is 5.91 Å². The van der Waals surface area contributed by atoms with E-state index in [0.717, 1.165) is 6.42 Å². The molecule has 0 aliphatic carbocycles. The molecule has 0 aromatic heterocycles. The van der Waals surface area contributed by atoms with E-state index in [0.29, 0.717) is 12.2 Å². The molecule has 0 bridgehead atoms. The van der Waals surface area contributed by atoms with Crippen LogP contribution < -0.4 is 10.6 Å². The van der Waals surface area contributed by atoms with Crippen LogP contribution in [0.1, 0.15) is 20.3 Å². The Kier molecular flexibility index (Phi) is 3.57. The van der Waals surface area contributed by atoms with E-state index < -0.39 is 0 Å². The van der Waals surface area contributed by atoms with Gasteiger partial charge in [-0.15, -0.1) is 0 Å². The first-order chi connectivity index (χ1) is 7.44. The molecule has 3 N–H and O–H groups in total. The lowest BCUT2D eigenvalue weighted by atomic mass is 9.92. The molecule has 1 amide bonds. The Bertz CT molecular complexity index is 333. The predicted molar refractivity (Wildman–Crippen MR) is 64.0 cm³/mol. The molecule has 0 atom stereocenters. The topological polar surface area (TPSA) is 68.2 Å². The van der Waals surface area contributed by atoms with E-state index in [2.05, 4.69) is 10.6 Å². The SMILES string of the molecule is CN/C=C(/NC)C(=N)N1CCC(C)(C)C1=O. The van der Waals surface area contributed by atoms with Gasteiger partial charge in [-0.3, -0.25) is 15.1 Å². The third kappa shape index (κ3) is 2.18. The Labute approximate surface area is 96.4 Å². The maximum atomic E-state index is 12.0. The van der Waals surface area contributed by atoms with Crippen LogP contribution in [0.5, 0.6) is 0 Å². The summed E-state index contributed by atoms with van der Waals surface area (Å²) >= 11 is 0.